The molecule has 56 valence electrons. The van der Waals surface area contributed by atoms with Crippen molar-refractivity contribution in [3.8, 4) is 0 Å². The van der Waals surface area contributed by atoms with Gasteiger partial charge in [0, 0.05) is 0 Å². The van der Waals surface area contributed by atoms with E-state index in [0.29, 0.717) is 0 Å². The Hall–Kier alpha value is 2.31. The lowest BCUT2D eigenvalue weighted by molar-refractivity contribution is 1.01. The molecular formula is C3H2Br3Cl3. The van der Waals surface area contributed by atoms with Crippen LogP contribution in [0.1, 0.15) is 0 Å². The number of rotatable bonds is 1. The molecule has 0 aliphatic heterocycles. The van der Waals surface area contributed by atoms with E-state index in [1.165, 1.54) is 0 Å². The summed E-state index contributed by atoms with van der Waals surface area (Å²) in [5.74, 6) is 0. The lowest BCUT2D eigenvalue weighted by Crippen LogP contribution is -2.23. The van der Waals surface area contributed by atoms with E-state index < -0.39 is 12.4 Å². The Morgan fingerprint density at radius 3 is 1.33 bits per heavy atom. The fourth-order valence-corrected chi connectivity index (χ4v) is 2.23. The molecule has 1 unspecified atom stereocenters. The van der Waals surface area contributed by atoms with Gasteiger partial charge in [-0.05, 0) is 0 Å². The molecule has 0 aromatic heterocycles. The molecule has 0 radical (unpaired) electrons. The van der Waals surface area contributed by atoms with Gasteiger partial charge >= 0.3 is 0 Å². The Bertz CT molecular complexity index is 88.8. The first kappa shape index (κ1) is 11.3. The highest BCUT2D eigenvalue weighted by molar-refractivity contribution is 9.39. The molecule has 1 atom stereocenters. The van der Waals surface area contributed by atoms with Gasteiger partial charge in [-0.3, -0.25) is 0 Å². The third kappa shape index (κ3) is 4.70. The smallest absolute Gasteiger partial charge is 0.117 e. The van der Waals surface area contributed by atoms with Crippen LogP contribution in [0.15, 0.2) is 0 Å². The number of hydrogen-bond acceptors (Lipinski definition) is 0. The molecule has 6 heteroatoms. The van der Waals surface area contributed by atoms with Crippen LogP contribution in [-0.2, 0) is 0 Å². The Labute approximate surface area is 94.0 Å². The second-order valence-electron chi connectivity index (χ2n) is 1.28. The molecule has 0 fully saturated rings. The van der Waals surface area contributed by atoms with E-state index in [9.17, 15) is 0 Å². The molecular weight excluding hydrogens is 382 g/mol. The van der Waals surface area contributed by atoms with Crippen molar-refractivity contribution >= 4 is 82.6 Å². The Kier molecular flexibility index (Phi) is 5.48. The van der Waals surface area contributed by atoms with Crippen LogP contribution < -0.4 is 0 Å². The minimum Gasteiger partial charge on any atom is -0.117 e. The molecule has 0 amide bonds. The molecule has 0 heterocycles. The number of hydrogen-bond donors (Lipinski definition) is 0. The van der Waals surface area contributed by atoms with E-state index >= 15 is 0 Å². The zero-order valence-corrected chi connectivity index (χ0v) is 10.9. The molecule has 0 aromatic rings. The summed E-state index contributed by atoms with van der Waals surface area (Å²) in [4.78, 5) is -0.621. The van der Waals surface area contributed by atoms with Crippen LogP contribution in [0.4, 0.5) is 0 Å². The highest BCUT2D eigenvalue weighted by Gasteiger charge is 2.33. The molecule has 0 N–H and O–H groups in total. The van der Waals surface area contributed by atoms with Crippen molar-refractivity contribution in [2.24, 2.45) is 0 Å². The van der Waals surface area contributed by atoms with Gasteiger partial charge in [-0.2, -0.15) is 0 Å². The van der Waals surface area contributed by atoms with E-state index in [1.807, 2.05) is 0 Å². The van der Waals surface area contributed by atoms with Crippen LogP contribution in [0.3, 0.4) is 0 Å². The van der Waals surface area contributed by atoms with Crippen LogP contribution in [-0.4, -0.2) is 12.4 Å². The van der Waals surface area contributed by atoms with Crippen molar-refractivity contribution in [3.05, 3.63) is 0 Å². The average Bonchev–Trinajstić information content (AvgIpc) is 1.62. The number of alkyl halides is 6. The zero-order valence-electron chi connectivity index (χ0n) is 3.92. The summed E-state index contributed by atoms with van der Waals surface area (Å²) in [6.45, 7) is 0. The van der Waals surface area contributed by atoms with Gasteiger partial charge in [0.2, 0.25) is 0 Å². The van der Waals surface area contributed by atoms with E-state index in [1.54, 1.807) is 0 Å². The lowest BCUT2D eigenvalue weighted by Gasteiger charge is -2.19. The van der Waals surface area contributed by atoms with Gasteiger partial charge in [-0.25, -0.2) is 0 Å². The molecule has 0 spiro atoms. The van der Waals surface area contributed by atoms with Crippen molar-refractivity contribution in [2.75, 3.05) is 0 Å². The summed E-state index contributed by atoms with van der Waals surface area (Å²) < 4.78 is -0.581. The molecule has 0 saturated heterocycles. The maximum Gasteiger partial charge on any atom is 0.153 e. The maximum atomic E-state index is 5.69. The van der Waals surface area contributed by atoms with E-state index in [0.717, 1.165) is 0 Å². The molecule has 9 heavy (non-hydrogen) atoms. The van der Waals surface area contributed by atoms with Gasteiger partial charge in [0.05, 0.1) is 5.38 Å². The van der Waals surface area contributed by atoms with Crippen LogP contribution >= 0.6 is 82.6 Å². The highest BCUT2D eigenvalue weighted by atomic mass is 80.0. The van der Waals surface area contributed by atoms with Crippen molar-refractivity contribution in [3.63, 3.8) is 0 Å². The van der Waals surface area contributed by atoms with Gasteiger partial charge in [0.25, 0.3) is 0 Å². The zero-order chi connectivity index (χ0) is 7.65. The summed E-state index contributed by atoms with van der Waals surface area (Å²) in [6, 6.07) is 0. The van der Waals surface area contributed by atoms with Gasteiger partial charge in [-0.1, -0.05) is 47.8 Å². The van der Waals surface area contributed by atoms with Gasteiger partial charge in [-0.15, -0.1) is 34.8 Å². The quantitative estimate of drug-likeness (QED) is 0.594. The first-order chi connectivity index (χ1) is 3.85. The standard InChI is InChI=1S/C3H2Br3Cl3/c4-3(5,6)1(7)2(8)9/h1-2H. The van der Waals surface area contributed by atoms with Gasteiger partial charge in [0.15, 0.2) is 2.14 Å². The summed E-state index contributed by atoms with van der Waals surface area (Å²) in [5, 5.41) is -0.430. The first-order valence-corrected chi connectivity index (χ1v) is 5.53. The van der Waals surface area contributed by atoms with Crippen LogP contribution in [0.2, 0.25) is 0 Å². The summed E-state index contributed by atoms with van der Waals surface area (Å²) in [5.41, 5.74) is 0. The van der Waals surface area contributed by atoms with E-state index in [4.69, 9.17) is 34.8 Å². The molecule has 0 aliphatic carbocycles. The Balaban J connectivity index is 3.88. The molecule has 0 bridgehead atoms. The van der Waals surface area contributed by atoms with E-state index in [2.05, 4.69) is 47.8 Å². The van der Waals surface area contributed by atoms with Gasteiger partial charge in [0.1, 0.15) is 4.84 Å². The van der Waals surface area contributed by atoms with Crippen LogP contribution in [0, 0.1) is 0 Å². The van der Waals surface area contributed by atoms with Crippen molar-refractivity contribution in [2.45, 2.75) is 12.4 Å². The van der Waals surface area contributed by atoms with Crippen LogP contribution in [0.25, 0.3) is 0 Å². The van der Waals surface area contributed by atoms with Crippen molar-refractivity contribution in [1.29, 1.82) is 0 Å². The monoisotopic (exact) mass is 380 g/mol. The predicted octanol–water partition coefficient (Wildman–Crippen LogP) is 4.24. The Morgan fingerprint density at radius 2 is 1.33 bits per heavy atom. The third-order valence-corrected chi connectivity index (χ3v) is 4.15. The Morgan fingerprint density at radius 1 is 1.00 bits per heavy atom. The maximum absolute atomic E-state index is 5.69. The second-order valence-corrected chi connectivity index (χ2v) is 9.86. The lowest BCUT2D eigenvalue weighted by atomic mass is 10.5. The van der Waals surface area contributed by atoms with Crippen molar-refractivity contribution in [1.82, 2.24) is 0 Å². The highest BCUT2D eigenvalue weighted by Crippen LogP contribution is 2.43. The third-order valence-electron chi connectivity index (χ3n) is 0.534. The fraction of sp³-hybridized carbons (Fsp3) is 1.00. The number of halogens is 6. The molecule has 0 rings (SSSR count). The predicted molar refractivity (Wildman–Crippen MR) is 54.6 cm³/mol. The van der Waals surface area contributed by atoms with Gasteiger partial charge < -0.3 is 0 Å². The SMILES string of the molecule is ClC(Cl)C(Cl)C(Br)(Br)Br. The fourth-order valence-electron chi connectivity index (χ4n) is 0.143. The molecule has 0 nitrogen and oxygen atoms in total. The normalized spacial score (nSPS) is 16.3. The van der Waals surface area contributed by atoms with Crippen molar-refractivity contribution < 1.29 is 0 Å². The molecule has 0 saturated carbocycles. The summed E-state index contributed by atoms with van der Waals surface area (Å²) in [6.07, 6.45) is 0. The largest absolute Gasteiger partial charge is 0.153 e. The summed E-state index contributed by atoms with van der Waals surface area (Å²) in [7, 11) is 0. The molecule has 0 aliphatic rings. The second kappa shape index (κ2) is 4.36. The minimum absolute atomic E-state index is 0.430. The minimum atomic E-state index is -0.621. The van der Waals surface area contributed by atoms with E-state index in [-0.39, 0.29) is 0 Å². The molecule has 0 aromatic carbocycles. The summed E-state index contributed by atoms with van der Waals surface area (Å²) >= 11 is 26.1. The topological polar surface area (TPSA) is 0 Å². The van der Waals surface area contributed by atoms with Crippen LogP contribution in [0.5, 0.6) is 0 Å². The first-order valence-electron chi connectivity index (χ1n) is 1.84. The average molecular weight is 384 g/mol.